The molecule has 0 spiro atoms. The minimum atomic E-state index is -0.535. The van der Waals surface area contributed by atoms with E-state index in [1.54, 1.807) is 12.1 Å². The second-order valence-electron chi connectivity index (χ2n) is 6.84. The molecule has 4 heteroatoms. The summed E-state index contributed by atoms with van der Waals surface area (Å²) in [6, 6.07) is 15.1. The highest BCUT2D eigenvalue weighted by Gasteiger charge is 2.30. The Kier molecular flexibility index (Phi) is 6.05. The molecule has 1 atom stereocenters. The molecule has 2 aromatic carbocycles. The quantitative estimate of drug-likeness (QED) is 0.755. The van der Waals surface area contributed by atoms with Crippen LogP contribution in [-0.4, -0.2) is 41.8 Å². The van der Waals surface area contributed by atoms with Gasteiger partial charge in [0, 0.05) is 19.1 Å². The summed E-state index contributed by atoms with van der Waals surface area (Å²) in [4.78, 5) is 2.30. The standard InChI is InChI=1S/C21H26FNO2/c1-16-5-2-3-8-21(16)25-15-20(24)14-23(19-9-10-19)12-11-17-6-4-7-18(22)13-17/h2-8,13,19-20,24H,9-12,14-15H2,1H3. The molecule has 25 heavy (non-hydrogen) atoms. The van der Waals surface area contributed by atoms with Gasteiger partial charge in [-0.3, -0.25) is 4.90 Å². The van der Waals surface area contributed by atoms with Gasteiger partial charge in [-0.2, -0.15) is 0 Å². The number of nitrogens with zero attached hydrogens (tertiary/aromatic N) is 1. The minimum absolute atomic E-state index is 0.192. The Hall–Kier alpha value is -1.91. The topological polar surface area (TPSA) is 32.7 Å². The summed E-state index contributed by atoms with van der Waals surface area (Å²) in [6.07, 6.45) is 2.61. The fraction of sp³-hybridized carbons (Fsp3) is 0.429. The Morgan fingerprint density at radius 1 is 1.20 bits per heavy atom. The average molecular weight is 343 g/mol. The largest absolute Gasteiger partial charge is 0.491 e. The van der Waals surface area contributed by atoms with Gasteiger partial charge in [0.1, 0.15) is 24.3 Å². The van der Waals surface area contributed by atoms with Gasteiger partial charge in [0.15, 0.2) is 0 Å². The maximum absolute atomic E-state index is 13.3. The van der Waals surface area contributed by atoms with Crippen LogP contribution in [0.5, 0.6) is 5.75 Å². The molecule has 1 fully saturated rings. The first-order chi connectivity index (χ1) is 12.1. The summed E-state index contributed by atoms with van der Waals surface area (Å²) >= 11 is 0. The van der Waals surface area contributed by atoms with Crippen LogP contribution >= 0.6 is 0 Å². The molecule has 1 unspecified atom stereocenters. The number of hydrogen-bond donors (Lipinski definition) is 1. The molecule has 0 radical (unpaired) electrons. The summed E-state index contributed by atoms with van der Waals surface area (Å²) < 4.78 is 19.0. The third-order valence-electron chi connectivity index (χ3n) is 4.61. The van der Waals surface area contributed by atoms with Gasteiger partial charge in [0.2, 0.25) is 0 Å². The summed E-state index contributed by atoms with van der Waals surface area (Å²) in [5.74, 6) is 0.626. The molecule has 0 bridgehead atoms. The molecule has 3 nitrogen and oxygen atoms in total. The van der Waals surface area contributed by atoms with Gasteiger partial charge in [-0.1, -0.05) is 30.3 Å². The maximum atomic E-state index is 13.3. The molecule has 1 aliphatic carbocycles. The summed E-state index contributed by atoms with van der Waals surface area (Å²) in [6.45, 7) is 3.70. The molecule has 0 amide bonds. The lowest BCUT2D eigenvalue weighted by Crippen LogP contribution is -2.38. The van der Waals surface area contributed by atoms with Crippen molar-refractivity contribution in [3.63, 3.8) is 0 Å². The summed E-state index contributed by atoms with van der Waals surface area (Å²) in [5, 5.41) is 10.4. The van der Waals surface area contributed by atoms with Crippen molar-refractivity contribution in [3.05, 3.63) is 65.5 Å². The van der Waals surface area contributed by atoms with Crippen LogP contribution in [-0.2, 0) is 6.42 Å². The smallest absolute Gasteiger partial charge is 0.123 e. The number of hydrogen-bond acceptors (Lipinski definition) is 3. The molecule has 1 saturated carbocycles. The maximum Gasteiger partial charge on any atom is 0.123 e. The number of benzene rings is 2. The summed E-state index contributed by atoms with van der Waals surface area (Å²) in [7, 11) is 0. The Morgan fingerprint density at radius 2 is 2.00 bits per heavy atom. The van der Waals surface area contributed by atoms with E-state index in [1.807, 2.05) is 37.3 Å². The van der Waals surface area contributed by atoms with Crippen LogP contribution in [0, 0.1) is 12.7 Å². The highest BCUT2D eigenvalue weighted by Crippen LogP contribution is 2.27. The van der Waals surface area contributed by atoms with Crippen molar-refractivity contribution in [3.8, 4) is 5.75 Å². The predicted molar refractivity (Wildman–Crippen MR) is 97.4 cm³/mol. The molecule has 134 valence electrons. The average Bonchev–Trinajstić information content (AvgIpc) is 3.43. The van der Waals surface area contributed by atoms with Crippen LogP contribution in [0.1, 0.15) is 24.0 Å². The van der Waals surface area contributed by atoms with Crippen LogP contribution in [0.25, 0.3) is 0 Å². The minimum Gasteiger partial charge on any atom is -0.491 e. The number of aryl methyl sites for hydroxylation is 1. The summed E-state index contributed by atoms with van der Waals surface area (Å²) in [5.41, 5.74) is 2.07. The van der Waals surface area contributed by atoms with E-state index in [2.05, 4.69) is 4.90 Å². The van der Waals surface area contributed by atoms with Gasteiger partial charge >= 0.3 is 0 Å². The van der Waals surface area contributed by atoms with Gasteiger partial charge in [-0.15, -0.1) is 0 Å². The molecule has 1 N–H and O–H groups in total. The van der Waals surface area contributed by atoms with E-state index >= 15 is 0 Å². The zero-order chi connectivity index (χ0) is 17.6. The fourth-order valence-electron chi connectivity index (χ4n) is 3.06. The number of halogens is 1. The van der Waals surface area contributed by atoms with Crippen LogP contribution in [0.2, 0.25) is 0 Å². The SMILES string of the molecule is Cc1ccccc1OCC(O)CN(CCc1cccc(F)c1)C1CC1. The number of para-hydroxylation sites is 1. The van der Waals surface area contributed by atoms with E-state index in [4.69, 9.17) is 4.74 Å². The van der Waals surface area contributed by atoms with Gasteiger partial charge in [0.25, 0.3) is 0 Å². The first-order valence-corrected chi connectivity index (χ1v) is 8.97. The van der Waals surface area contributed by atoms with Gasteiger partial charge in [-0.05, 0) is 55.5 Å². The Morgan fingerprint density at radius 3 is 2.72 bits per heavy atom. The Labute approximate surface area is 149 Å². The van der Waals surface area contributed by atoms with Crippen molar-refractivity contribution in [2.24, 2.45) is 0 Å². The Bertz CT molecular complexity index is 687. The zero-order valence-electron chi connectivity index (χ0n) is 14.7. The normalized spacial score (nSPS) is 15.4. The molecule has 3 rings (SSSR count). The lowest BCUT2D eigenvalue weighted by molar-refractivity contribution is 0.0655. The van der Waals surface area contributed by atoms with Crippen LogP contribution in [0.3, 0.4) is 0 Å². The third-order valence-corrected chi connectivity index (χ3v) is 4.61. The molecule has 0 aliphatic heterocycles. The second-order valence-corrected chi connectivity index (χ2v) is 6.84. The van der Waals surface area contributed by atoms with Gasteiger partial charge in [-0.25, -0.2) is 4.39 Å². The monoisotopic (exact) mass is 343 g/mol. The molecule has 0 saturated heterocycles. The van der Waals surface area contributed by atoms with Gasteiger partial charge in [0.05, 0.1) is 0 Å². The number of ether oxygens (including phenoxy) is 1. The van der Waals surface area contributed by atoms with Crippen LogP contribution in [0.15, 0.2) is 48.5 Å². The highest BCUT2D eigenvalue weighted by atomic mass is 19.1. The Balaban J connectivity index is 1.48. The van der Waals surface area contributed by atoms with Crippen molar-refractivity contribution in [2.45, 2.75) is 38.3 Å². The molecule has 0 aromatic heterocycles. The van der Waals surface area contributed by atoms with E-state index in [9.17, 15) is 9.50 Å². The van der Waals surface area contributed by atoms with E-state index < -0.39 is 6.10 Å². The number of rotatable bonds is 9. The molecule has 0 heterocycles. The molecular formula is C21H26FNO2. The van der Waals surface area contributed by atoms with E-state index in [0.717, 1.165) is 29.8 Å². The number of aliphatic hydroxyl groups is 1. The van der Waals surface area contributed by atoms with Crippen molar-refractivity contribution in [2.75, 3.05) is 19.7 Å². The predicted octanol–water partition coefficient (Wildman–Crippen LogP) is 3.58. The van der Waals surface area contributed by atoms with E-state index in [0.29, 0.717) is 12.6 Å². The van der Waals surface area contributed by atoms with E-state index in [1.165, 1.54) is 18.9 Å². The van der Waals surface area contributed by atoms with Crippen molar-refractivity contribution < 1.29 is 14.2 Å². The number of aliphatic hydroxyl groups excluding tert-OH is 1. The van der Waals surface area contributed by atoms with Crippen molar-refractivity contribution in [1.82, 2.24) is 4.90 Å². The molecular weight excluding hydrogens is 317 g/mol. The fourth-order valence-corrected chi connectivity index (χ4v) is 3.06. The van der Waals surface area contributed by atoms with Gasteiger partial charge < -0.3 is 9.84 Å². The van der Waals surface area contributed by atoms with Crippen molar-refractivity contribution >= 4 is 0 Å². The molecule has 2 aromatic rings. The third kappa shape index (κ3) is 5.55. The zero-order valence-corrected chi connectivity index (χ0v) is 14.7. The second kappa shape index (κ2) is 8.45. The van der Waals surface area contributed by atoms with Crippen LogP contribution in [0.4, 0.5) is 4.39 Å². The van der Waals surface area contributed by atoms with Crippen LogP contribution < -0.4 is 4.74 Å². The first kappa shape index (κ1) is 17.9. The van der Waals surface area contributed by atoms with Crippen molar-refractivity contribution in [1.29, 1.82) is 0 Å². The highest BCUT2D eigenvalue weighted by molar-refractivity contribution is 5.31. The molecule has 1 aliphatic rings. The van der Waals surface area contributed by atoms with E-state index in [-0.39, 0.29) is 12.4 Å². The first-order valence-electron chi connectivity index (χ1n) is 8.97. The lowest BCUT2D eigenvalue weighted by atomic mass is 10.1. The lowest BCUT2D eigenvalue weighted by Gasteiger charge is -2.25.